The number of aromatic nitrogens is 1. The Morgan fingerprint density at radius 2 is 1.96 bits per heavy atom. The summed E-state index contributed by atoms with van der Waals surface area (Å²) in [5, 5.41) is 3.30. The van der Waals surface area contributed by atoms with Gasteiger partial charge in [-0.2, -0.15) is 0 Å². The average Bonchev–Trinajstić information content (AvgIpc) is 3.21. The number of hydrogen-bond acceptors (Lipinski definition) is 7. The fourth-order valence-electron chi connectivity index (χ4n) is 3.67. The summed E-state index contributed by atoms with van der Waals surface area (Å²) in [7, 11) is -1.07. The molecule has 0 radical (unpaired) electrons. The zero-order chi connectivity index (χ0) is 20.5. The van der Waals surface area contributed by atoms with E-state index in [0.717, 1.165) is 30.3 Å². The van der Waals surface area contributed by atoms with E-state index in [0.29, 0.717) is 26.1 Å². The van der Waals surface area contributed by atoms with Crippen LogP contribution in [-0.4, -0.2) is 91.3 Å². The Kier molecular flexibility index (Phi) is 6.48. The zero-order valence-corrected chi connectivity index (χ0v) is 19.0. The van der Waals surface area contributed by atoms with Gasteiger partial charge in [-0.15, -0.1) is 11.3 Å². The predicted molar refractivity (Wildman–Crippen MR) is 112 cm³/mol. The lowest BCUT2D eigenvalue weighted by molar-refractivity contribution is -0.134. The van der Waals surface area contributed by atoms with E-state index in [2.05, 4.69) is 31.1 Å². The quantitative estimate of drug-likeness (QED) is 0.702. The molecule has 1 aromatic heterocycles. The van der Waals surface area contributed by atoms with Crippen molar-refractivity contribution >= 4 is 27.1 Å². The number of amides is 1. The van der Waals surface area contributed by atoms with Crippen LogP contribution in [0.4, 0.5) is 0 Å². The average molecular weight is 429 g/mol. The van der Waals surface area contributed by atoms with Crippen molar-refractivity contribution in [3.05, 3.63) is 16.1 Å². The Balaban J connectivity index is 1.44. The number of carbonyl (C=O) groups is 1. The molecule has 0 saturated carbocycles. The van der Waals surface area contributed by atoms with E-state index in [1.807, 2.05) is 16.8 Å². The van der Waals surface area contributed by atoms with E-state index < -0.39 is 9.84 Å². The molecule has 0 spiro atoms. The number of rotatable bonds is 5. The number of likely N-dealkylation sites (N-methyl/N-ethyl adjacent to an activating group) is 1. The first-order valence-electron chi connectivity index (χ1n) is 9.89. The van der Waals surface area contributed by atoms with Gasteiger partial charge in [-0.1, -0.05) is 20.8 Å². The van der Waals surface area contributed by atoms with E-state index in [-0.39, 0.29) is 28.9 Å². The van der Waals surface area contributed by atoms with Crippen molar-refractivity contribution in [1.82, 2.24) is 19.7 Å². The van der Waals surface area contributed by atoms with Crippen LogP contribution < -0.4 is 0 Å². The minimum Gasteiger partial charge on any atom is -0.339 e. The first-order chi connectivity index (χ1) is 13.0. The Morgan fingerprint density at radius 3 is 2.50 bits per heavy atom. The van der Waals surface area contributed by atoms with Crippen molar-refractivity contribution in [1.29, 1.82) is 0 Å². The maximum Gasteiger partial charge on any atom is 0.236 e. The molecule has 0 bridgehead atoms. The highest BCUT2D eigenvalue weighted by atomic mass is 32.2. The van der Waals surface area contributed by atoms with Gasteiger partial charge in [0.25, 0.3) is 0 Å². The number of sulfone groups is 1. The van der Waals surface area contributed by atoms with Crippen LogP contribution in [0.5, 0.6) is 0 Å². The van der Waals surface area contributed by atoms with Crippen molar-refractivity contribution in [3.8, 4) is 0 Å². The zero-order valence-electron chi connectivity index (χ0n) is 17.3. The van der Waals surface area contributed by atoms with E-state index in [1.54, 1.807) is 11.3 Å². The largest absolute Gasteiger partial charge is 0.339 e. The molecule has 1 atom stereocenters. The number of carbonyl (C=O) groups excluding carboxylic acids is 1. The maximum absolute atomic E-state index is 12.6. The van der Waals surface area contributed by atoms with Crippen LogP contribution in [0.1, 0.15) is 37.9 Å². The van der Waals surface area contributed by atoms with Crippen molar-refractivity contribution in [3.63, 3.8) is 0 Å². The second-order valence-electron chi connectivity index (χ2n) is 9.02. The summed E-state index contributed by atoms with van der Waals surface area (Å²) in [5.41, 5.74) is 1.19. The Labute approximate surface area is 172 Å². The monoisotopic (exact) mass is 428 g/mol. The molecule has 0 aromatic carbocycles. The van der Waals surface area contributed by atoms with E-state index in [1.165, 1.54) is 0 Å². The van der Waals surface area contributed by atoms with Crippen LogP contribution in [0.3, 0.4) is 0 Å². The highest BCUT2D eigenvalue weighted by Crippen LogP contribution is 2.26. The van der Waals surface area contributed by atoms with Gasteiger partial charge in [0, 0.05) is 49.6 Å². The van der Waals surface area contributed by atoms with Gasteiger partial charge in [0.2, 0.25) is 5.91 Å². The van der Waals surface area contributed by atoms with Gasteiger partial charge < -0.3 is 4.90 Å². The smallest absolute Gasteiger partial charge is 0.236 e. The third-order valence-electron chi connectivity index (χ3n) is 5.52. The molecule has 1 aromatic rings. The summed E-state index contributed by atoms with van der Waals surface area (Å²) in [6.45, 7) is 10.8. The van der Waals surface area contributed by atoms with Gasteiger partial charge in [0.15, 0.2) is 9.84 Å². The highest BCUT2D eigenvalue weighted by Gasteiger charge is 2.32. The molecule has 0 aliphatic carbocycles. The van der Waals surface area contributed by atoms with Crippen molar-refractivity contribution in [2.75, 3.05) is 51.3 Å². The maximum atomic E-state index is 12.6. The minimum atomic E-state index is -2.92. The SMILES string of the molecule is CN(CC(=O)N1CCN(Cc2csc(C(C)(C)C)n2)CC1)C1CCS(=O)(=O)C1. The molecule has 9 heteroatoms. The number of nitrogens with zero attached hydrogens (tertiary/aromatic N) is 4. The molecule has 2 saturated heterocycles. The Hall–Kier alpha value is -1.03. The van der Waals surface area contributed by atoms with Crippen LogP contribution >= 0.6 is 11.3 Å². The third kappa shape index (κ3) is 5.52. The number of thiazole rings is 1. The molecule has 158 valence electrons. The van der Waals surface area contributed by atoms with Crippen LogP contribution in [0.25, 0.3) is 0 Å². The van der Waals surface area contributed by atoms with E-state index >= 15 is 0 Å². The molecule has 3 heterocycles. The molecule has 0 N–H and O–H groups in total. The molecule has 2 fully saturated rings. The standard InChI is InChI=1S/C19H32N4O3S2/c1-19(2,3)18-20-15(13-27-18)11-22-6-8-23(9-7-22)17(24)12-21(4)16-5-10-28(25,26)14-16/h13,16H,5-12,14H2,1-4H3. The van der Waals surface area contributed by atoms with Crippen LogP contribution in [0.2, 0.25) is 0 Å². The van der Waals surface area contributed by atoms with Gasteiger partial charge in [-0.05, 0) is 13.5 Å². The van der Waals surface area contributed by atoms with Gasteiger partial charge >= 0.3 is 0 Å². The summed E-state index contributed by atoms with van der Waals surface area (Å²) in [4.78, 5) is 23.5. The molecule has 1 amide bonds. The van der Waals surface area contributed by atoms with Crippen molar-refractivity contribution in [2.45, 2.75) is 45.2 Å². The second kappa shape index (κ2) is 8.38. The van der Waals surface area contributed by atoms with E-state index in [4.69, 9.17) is 4.98 Å². The lowest BCUT2D eigenvalue weighted by Gasteiger charge is -2.35. The van der Waals surface area contributed by atoms with Crippen molar-refractivity contribution in [2.24, 2.45) is 0 Å². The topological polar surface area (TPSA) is 73.8 Å². The summed E-state index contributed by atoms with van der Waals surface area (Å²) < 4.78 is 23.3. The molecule has 1 unspecified atom stereocenters. The molecule has 2 aliphatic heterocycles. The fraction of sp³-hybridized carbons (Fsp3) is 0.789. The first-order valence-corrected chi connectivity index (χ1v) is 12.6. The number of hydrogen-bond donors (Lipinski definition) is 0. The summed E-state index contributed by atoms with van der Waals surface area (Å²) >= 11 is 1.72. The lowest BCUT2D eigenvalue weighted by Crippen LogP contribution is -2.51. The summed E-state index contributed by atoms with van der Waals surface area (Å²) in [5.74, 6) is 0.507. The number of piperazine rings is 1. The first kappa shape index (κ1) is 21.7. The second-order valence-corrected chi connectivity index (χ2v) is 12.1. The molecule has 7 nitrogen and oxygen atoms in total. The van der Waals surface area contributed by atoms with Gasteiger partial charge in [-0.3, -0.25) is 14.6 Å². The van der Waals surface area contributed by atoms with Crippen LogP contribution in [0.15, 0.2) is 5.38 Å². The Bertz CT molecular complexity index is 792. The van der Waals surface area contributed by atoms with Crippen LogP contribution in [0, 0.1) is 0 Å². The van der Waals surface area contributed by atoms with Crippen molar-refractivity contribution < 1.29 is 13.2 Å². The van der Waals surface area contributed by atoms with Gasteiger partial charge in [0.05, 0.1) is 28.8 Å². The molecule has 3 rings (SSSR count). The third-order valence-corrected chi connectivity index (χ3v) is 8.59. The summed E-state index contributed by atoms with van der Waals surface area (Å²) in [6.07, 6.45) is 0.629. The normalized spacial score (nSPS) is 23.5. The van der Waals surface area contributed by atoms with E-state index in [9.17, 15) is 13.2 Å². The minimum absolute atomic E-state index is 0.0306. The van der Waals surface area contributed by atoms with Crippen LogP contribution in [-0.2, 0) is 26.6 Å². The highest BCUT2D eigenvalue weighted by molar-refractivity contribution is 7.91. The molecule has 2 aliphatic rings. The lowest BCUT2D eigenvalue weighted by atomic mass is 9.98. The summed E-state index contributed by atoms with van der Waals surface area (Å²) in [6, 6.07) is -0.0306. The molecule has 28 heavy (non-hydrogen) atoms. The fourth-order valence-corrected chi connectivity index (χ4v) is 6.38. The predicted octanol–water partition coefficient (Wildman–Crippen LogP) is 1.20. The van der Waals surface area contributed by atoms with Gasteiger partial charge in [-0.25, -0.2) is 13.4 Å². The van der Waals surface area contributed by atoms with Gasteiger partial charge in [0.1, 0.15) is 0 Å². The molecular weight excluding hydrogens is 396 g/mol. The Morgan fingerprint density at radius 1 is 1.29 bits per heavy atom. The molecular formula is C19H32N4O3S2.